The fourth-order valence-electron chi connectivity index (χ4n) is 11.5. The number of fused-ring (bicyclic) bond motifs is 2. The van der Waals surface area contributed by atoms with Gasteiger partial charge in [-0.15, -0.1) is 0 Å². The van der Waals surface area contributed by atoms with Crippen LogP contribution >= 0.6 is 0 Å². The van der Waals surface area contributed by atoms with Crippen LogP contribution in [0.25, 0.3) is 121 Å². The largest absolute Gasteiger partial charge is 0.104 e. The first kappa shape index (κ1) is 40.6. The zero-order chi connectivity index (χ0) is 45.7. The molecule has 13 aromatic carbocycles. The van der Waals surface area contributed by atoms with E-state index in [9.17, 15) is 0 Å². The van der Waals surface area contributed by atoms with Crippen molar-refractivity contribution in [2.24, 2.45) is 0 Å². The Morgan fingerprint density at radius 3 is 0.926 bits per heavy atom. The Morgan fingerprint density at radius 2 is 0.574 bits per heavy atom. The SMILES string of the molecule is C[Si](C)(/C=C/c1ccc2ccc3cccc4ccc1c2c34)c1ccc(-c2c3ccccc3c(-c3ccc([Si](C)(C)/C=C/c4ccc5ccc6cccc7ccc4c5c67)cc3)c3ccccc23)cc1. The van der Waals surface area contributed by atoms with E-state index in [0.717, 1.165) is 0 Å². The topological polar surface area (TPSA) is 0 Å². The first-order chi connectivity index (χ1) is 33.2. The molecule has 0 aromatic heterocycles. The molecule has 0 radical (unpaired) electrons. The highest BCUT2D eigenvalue weighted by Crippen LogP contribution is 2.44. The lowest BCUT2D eigenvalue weighted by Crippen LogP contribution is -2.39. The second-order valence-electron chi connectivity index (χ2n) is 20.1. The van der Waals surface area contributed by atoms with E-state index in [1.807, 2.05) is 0 Å². The van der Waals surface area contributed by atoms with Crippen molar-refractivity contribution < 1.29 is 0 Å². The summed E-state index contributed by atoms with van der Waals surface area (Å²) >= 11 is 0. The fourth-order valence-corrected chi connectivity index (χ4v) is 15.1. The van der Waals surface area contributed by atoms with Gasteiger partial charge in [0.05, 0.1) is 0 Å². The summed E-state index contributed by atoms with van der Waals surface area (Å²) in [7, 11) is -3.92. The normalized spacial score (nSPS) is 12.9. The first-order valence-corrected chi connectivity index (χ1v) is 30.2. The predicted molar refractivity (Wildman–Crippen MR) is 305 cm³/mol. The highest BCUT2D eigenvalue weighted by atomic mass is 28.3. The van der Waals surface area contributed by atoms with Crippen LogP contribution < -0.4 is 10.4 Å². The molecule has 0 nitrogen and oxygen atoms in total. The minimum atomic E-state index is -1.96. The van der Waals surface area contributed by atoms with Crippen LogP contribution in [0.5, 0.6) is 0 Å². The Kier molecular flexibility index (Phi) is 9.24. The molecule has 68 heavy (non-hydrogen) atoms. The molecule has 13 aromatic rings. The quantitative estimate of drug-likeness (QED) is 0.0810. The summed E-state index contributed by atoms with van der Waals surface area (Å²) in [6.07, 6.45) is 4.79. The van der Waals surface area contributed by atoms with Crippen LogP contribution in [0.1, 0.15) is 11.1 Å². The van der Waals surface area contributed by atoms with Gasteiger partial charge in [0.1, 0.15) is 16.1 Å². The number of benzene rings is 13. The molecule has 0 spiro atoms. The molecular formula is C66H50Si2. The molecule has 0 amide bonds. The zero-order valence-electron chi connectivity index (χ0n) is 38.9. The molecule has 0 aliphatic rings. The third kappa shape index (κ3) is 6.47. The maximum absolute atomic E-state index is 2.52. The lowest BCUT2D eigenvalue weighted by molar-refractivity contribution is 1.65. The Balaban J connectivity index is 0.824. The van der Waals surface area contributed by atoms with Gasteiger partial charge in [-0.05, 0) is 120 Å². The van der Waals surface area contributed by atoms with Gasteiger partial charge in [-0.3, -0.25) is 0 Å². The minimum Gasteiger partial charge on any atom is -0.0897 e. The van der Waals surface area contributed by atoms with Crippen molar-refractivity contribution in [3.05, 3.63) is 229 Å². The van der Waals surface area contributed by atoms with Gasteiger partial charge in [0, 0.05) is 0 Å². The van der Waals surface area contributed by atoms with Crippen molar-refractivity contribution in [3.8, 4) is 22.3 Å². The second-order valence-corrected chi connectivity index (χ2v) is 28.8. The molecule has 13 rings (SSSR count). The fraction of sp³-hybridized carbons (Fsp3) is 0.0606. The van der Waals surface area contributed by atoms with E-state index in [1.54, 1.807) is 0 Å². The summed E-state index contributed by atoms with van der Waals surface area (Å²) in [5, 5.41) is 24.0. The van der Waals surface area contributed by atoms with Crippen LogP contribution in [0.2, 0.25) is 26.2 Å². The standard InChI is InChI=1S/C66H50Si2/c1-67(2,41-39-43-19-21-51-25-23-45-11-9-13-47-31-37-55(43)65(51)61(45)47)53-33-27-49(28-34-53)63-57-15-5-7-17-59(57)64(60-18-8-6-16-58(60)63)50-29-35-54(36-30-50)68(3,4)42-40-44-20-22-52-26-24-46-12-10-14-48-32-38-56(44)66(52)62(46)48/h5-42H,1-4H3/b41-39+,42-40+. The monoisotopic (exact) mass is 898 g/mol. The van der Waals surface area contributed by atoms with Gasteiger partial charge in [0.25, 0.3) is 0 Å². The summed E-state index contributed by atoms with van der Waals surface area (Å²) in [4.78, 5) is 0. The van der Waals surface area contributed by atoms with Crippen molar-refractivity contribution in [1.82, 2.24) is 0 Å². The van der Waals surface area contributed by atoms with Crippen LogP contribution in [-0.4, -0.2) is 16.1 Å². The van der Waals surface area contributed by atoms with Crippen molar-refractivity contribution in [2.75, 3.05) is 0 Å². The third-order valence-electron chi connectivity index (χ3n) is 15.3. The summed E-state index contributed by atoms with van der Waals surface area (Å²) < 4.78 is 0. The molecule has 322 valence electrons. The van der Waals surface area contributed by atoms with Gasteiger partial charge >= 0.3 is 0 Å². The Morgan fingerprint density at radius 1 is 0.265 bits per heavy atom. The molecule has 0 heterocycles. The molecule has 0 aliphatic carbocycles. The van der Waals surface area contributed by atoms with Gasteiger partial charge in [-0.1, -0.05) is 266 Å². The zero-order valence-corrected chi connectivity index (χ0v) is 40.9. The van der Waals surface area contributed by atoms with E-state index in [4.69, 9.17) is 0 Å². The average Bonchev–Trinajstić information content (AvgIpc) is 3.38. The van der Waals surface area contributed by atoms with Gasteiger partial charge < -0.3 is 0 Å². The van der Waals surface area contributed by atoms with Crippen molar-refractivity contribution >= 4 is 125 Å². The van der Waals surface area contributed by atoms with Gasteiger partial charge in [0.2, 0.25) is 0 Å². The number of hydrogen-bond acceptors (Lipinski definition) is 0. The molecule has 0 saturated heterocycles. The average molecular weight is 899 g/mol. The highest BCUT2D eigenvalue weighted by Gasteiger charge is 2.24. The summed E-state index contributed by atoms with van der Waals surface area (Å²) in [6.45, 7) is 9.86. The van der Waals surface area contributed by atoms with Crippen LogP contribution in [0.15, 0.2) is 218 Å². The molecule has 0 N–H and O–H groups in total. The third-order valence-corrected chi connectivity index (χ3v) is 20.9. The molecule has 0 unspecified atom stereocenters. The van der Waals surface area contributed by atoms with E-state index in [2.05, 4.69) is 256 Å². The van der Waals surface area contributed by atoms with E-state index >= 15 is 0 Å². The lowest BCUT2D eigenvalue weighted by Gasteiger charge is -2.22. The smallest absolute Gasteiger partial charge is 0.0897 e. The lowest BCUT2D eigenvalue weighted by atomic mass is 9.86. The Bertz CT molecular complexity index is 3810. The molecular weight excluding hydrogens is 849 g/mol. The molecule has 0 fully saturated rings. The summed E-state index contributed by atoms with van der Waals surface area (Å²) in [5.74, 6) is 0. The number of rotatable bonds is 8. The van der Waals surface area contributed by atoms with E-state index < -0.39 is 16.1 Å². The molecule has 0 bridgehead atoms. The van der Waals surface area contributed by atoms with Crippen LogP contribution in [0, 0.1) is 0 Å². The first-order valence-electron chi connectivity index (χ1n) is 24.1. The molecule has 2 heteroatoms. The van der Waals surface area contributed by atoms with Gasteiger partial charge in [-0.25, -0.2) is 0 Å². The van der Waals surface area contributed by atoms with Gasteiger partial charge in [-0.2, -0.15) is 0 Å². The second kappa shape index (κ2) is 15.5. The molecule has 0 saturated carbocycles. The Labute approximate surface area is 399 Å². The summed E-state index contributed by atoms with van der Waals surface area (Å²) in [6, 6.07) is 77.9. The van der Waals surface area contributed by atoms with E-state index in [1.165, 1.54) is 130 Å². The molecule has 0 aliphatic heterocycles. The summed E-state index contributed by atoms with van der Waals surface area (Å²) in [5.41, 5.74) is 12.7. The maximum atomic E-state index is 2.52. The van der Waals surface area contributed by atoms with Crippen molar-refractivity contribution in [2.45, 2.75) is 26.2 Å². The Hall–Kier alpha value is -7.63. The van der Waals surface area contributed by atoms with Crippen LogP contribution in [0.4, 0.5) is 0 Å². The van der Waals surface area contributed by atoms with Crippen LogP contribution in [-0.2, 0) is 0 Å². The van der Waals surface area contributed by atoms with E-state index in [0.29, 0.717) is 0 Å². The van der Waals surface area contributed by atoms with Crippen molar-refractivity contribution in [3.63, 3.8) is 0 Å². The molecule has 0 atom stereocenters. The minimum absolute atomic E-state index is 1.26. The van der Waals surface area contributed by atoms with Gasteiger partial charge in [0.15, 0.2) is 0 Å². The maximum Gasteiger partial charge on any atom is 0.104 e. The number of hydrogen-bond donors (Lipinski definition) is 0. The van der Waals surface area contributed by atoms with Crippen molar-refractivity contribution in [1.29, 1.82) is 0 Å². The predicted octanol–water partition coefficient (Wildman–Crippen LogP) is 17.5. The van der Waals surface area contributed by atoms with E-state index in [-0.39, 0.29) is 0 Å². The highest BCUT2D eigenvalue weighted by molar-refractivity contribution is 6.94. The van der Waals surface area contributed by atoms with Crippen LogP contribution in [0.3, 0.4) is 0 Å².